The molecule has 0 bridgehead atoms. The van der Waals surface area contributed by atoms with Gasteiger partial charge in [-0.2, -0.15) is 0 Å². The van der Waals surface area contributed by atoms with Gasteiger partial charge in [0.1, 0.15) is 6.04 Å². The predicted octanol–water partition coefficient (Wildman–Crippen LogP) is 7.17. The van der Waals surface area contributed by atoms with Crippen molar-refractivity contribution in [1.82, 2.24) is 5.32 Å². The Bertz CT molecular complexity index is 412. The van der Waals surface area contributed by atoms with Crippen molar-refractivity contribution < 1.29 is 19.1 Å². The quantitative estimate of drug-likeness (QED) is 0.165. The van der Waals surface area contributed by atoms with E-state index in [0.717, 1.165) is 12.8 Å². The van der Waals surface area contributed by atoms with Gasteiger partial charge in [0.25, 0.3) is 0 Å². The Balaban J connectivity index is 3.36. The highest BCUT2D eigenvalue weighted by molar-refractivity contribution is 5.80. The summed E-state index contributed by atoms with van der Waals surface area (Å²) in [7, 11) is 0. The van der Waals surface area contributed by atoms with Crippen molar-refractivity contribution in [3.05, 3.63) is 0 Å². The number of unbranched alkanes of at least 4 members (excludes halogenated alkanes) is 14. The zero-order valence-electron chi connectivity index (χ0n) is 20.3. The van der Waals surface area contributed by atoms with Crippen LogP contribution in [0.3, 0.4) is 0 Å². The standard InChI is InChI=1S/C25H49NO4/c1-5-6-7-8-9-10-11-12-13-14-15-16-17-18-19-20-29-24(27)23(4)26-25(28)30-21-22(2)3/h22-23H,5-21H2,1-4H3,(H,26,28). The number of nitrogens with one attached hydrogen (secondary N) is 1. The van der Waals surface area contributed by atoms with E-state index in [-0.39, 0.29) is 5.92 Å². The van der Waals surface area contributed by atoms with Gasteiger partial charge in [0, 0.05) is 0 Å². The minimum Gasteiger partial charge on any atom is -0.464 e. The second-order valence-electron chi connectivity index (χ2n) is 8.98. The van der Waals surface area contributed by atoms with Crippen LogP contribution in [-0.4, -0.2) is 31.3 Å². The molecule has 0 aliphatic heterocycles. The third kappa shape index (κ3) is 20.0. The van der Waals surface area contributed by atoms with Crippen LogP contribution >= 0.6 is 0 Å². The third-order valence-corrected chi connectivity index (χ3v) is 5.23. The first kappa shape index (κ1) is 28.7. The number of rotatable bonds is 20. The molecule has 0 aliphatic carbocycles. The van der Waals surface area contributed by atoms with Gasteiger partial charge >= 0.3 is 12.1 Å². The van der Waals surface area contributed by atoms with Crippen molar-refractivity contribution >= 4 is 12.1 Å². The van der Waals surface area contributed by atoms with Crippen LogP contribution in [0.4, 0.5) is 4.79 Å². The molecule has 0 fully saturated rings. The number of carbonyl (C=O) groups is 2. The molecule has 0 heterocycles. The van der Waals surface area contributed by atoms with Gasteiger partial charge in [-0.3, -0.25) is 0 Å². The first-order valence-electron chi connectivity index (χ1n) is 12.6. The van der Waals surface area contributed by atoms with Gasteiger partial charge in [-0.05, 0) is 19.3 Å². The number of amides is 1. The fourth-order valence-corrected chi connectivity index (χ4v) is 3.29. The Hall–Kier alpha value is -1.26. The second kappa shape index (κ2) is 21.0. The maximum absolute atomic E-state index is 11.9. The van der Waals surface area contributed by atoms with Crippen molar-refractivity contribution in [2.75, 3.05) is 13.2 Å². The Labute approximate surface area is 186 Å². The number of carbonyl (C=O) groups excluding carboxylic acids is 2. The molecule has 0 aromatic carbocycles. The first-order valence-corrected chi connectivity index (χ1v) is 12.6. The Morgan fingerprint density at radius 2 is 1.10 bits per heavy atom. The van der Waals surface area contributed by atoms with Crippen molar-refractivity contribution in [2.45, 2.75) is 130 Å². The molecule has 0 saturated carbocycles. The van der Waals surface area contributed by atoms with Crippen LogP contribution < -0.4 is 5.32 Å². The molecule has 5 heteroatoms. The number of ether oxygens (including phenoxy) is 2. The SMILES string of the molecule is CCCCCCCCCCCCCCCCCOC(=O)C(C)NC(=O)OCC(C)C. The average Bonchev–Trinajstić information content (AvgIpc) is 2.71. The summed E-state index contributed by atoms with van der Waals surface area (Å²) in [6, 6.07) is -0.680. The Morgan fingerprint density at radius 3 is 1.53 bits per heavy atom. The molecule has 0 rings (SSSR count). The van der Waals surface area contributed by atoms with Crippen LogP contribution in [-0.2, 0) is 14.3 Å². The molecule has 0 aromatic heterocycles. The summed E-state index contributed by atoms with van der Waals surface area (Å²) in [5, 5.41) is 2.50. The molecule has 5 nitrogen and oxygen atoms in total. The van der Waals surface area contributed by atoms with Crippen LogP contribution in [0.15, 0.2) is 0 Å². The van der Waals surface area contributed by atoms with Gasteiger partial charge in [0.2, 0.25) is 0 Å². The summed E-state index contributed by atoms with van der Waals surface area (Å²) < 4.78 is 10.2. The van der Waals surface area contributed by atoms with E-state index in [2.05, 4.69) is 12.2 Å². The lowest BCUT2D eigenvalue weighted by Crippen LogP contribution is -2.40. The zero-order valence-corrected chi connectivity index (χ0v) is 20.3. The molecule has 1 N–H and O–H groups in total. The van der Waals surface area contributed by atoms with Gasteiger partial charge in [-0.15, -0.1) is 0 Å². The summed E-state index contributed by atoms with van der Waals surface area (Å²) in [4.78, 5) is 23.4. The molecule has 0 radical (unpaired) electrons. The maximum Gasteiger partial charge on any atom is 0.407 e. The second-order valence-corrected chi connectivity index (χ2v) is 8.98. The average molecular weight is 428 g/mol. The normalized spacial score (nSPS) is 12.0. The molecule has 30 heavy (non-hydrogen) atoms. The number of esters is 1. The van der Waals surface area contributed by atoms with Crippen LogP contribution in [0.5, 0.6) is 0 Å². The first-order chi connectivity index (χ1) is 14.5. The van der Waals surface area contributed by atoms with E-state index < -0.39 is 18.1 Å². The lowest BCUT2D eigenvalue weighted by atomic mass is 10.0. The molecule has 0 saturated heterocycles. The van der Waals surface area contributed by atoms with E-state index in [1.54, 1.807) is 6.92 Å². The summed E-state index contributed by atoms with van der Waals surface area (Å²) >= 11 is 0. The van der Waals surface area contributed by atoms with E-state index in [9.17, 15) is 9.59 Å². The fraction of sp³-hybridized carbons (Fsp3) is 0.920. The molecule has 0 spiro atoms. The van der Waals surface area contributed by atoms with Gasteiger partial charge in [0.15, 0.2) is 0 Å². The van der Waals surface area contributed by atoms with Gasteiger partial charge in [-0.25, -0.2) is 9.59 Å². The number of hydrogen-bond acceptors (Lipinski definition) is 4. The van der Waals surface area contributed by atoms with Crippen molar-refractivity contribution in [1.29, 1.82) is 0 Å². The van der Waals surface area contributed by atoms with E-state index in [0.29, 0.717) is 13.2 Å². The van der Waals surface area contributed by atoms with E-state index in [1.165, 1.54) is 83.5 Å². The largest absolute Gasteiger partial charge is 0.464 e. The van der Waals surface area contributed by atoms with Crippen LogP contribution in [0.1, 0.15) is 124 Å². The third-order valence-electron chi connectivity index (χ3n) is 5.23. The number of alkyl carbamates (subject to hydrolysis) is 1. The topological polar surface area (TPSA) is 64.6 Å². The molecular formula is C25H49NO4. The van der Waals surface area contributed by atoms with Crippen molar-refractivity contribution in [3.8, 4) is 0 Å². The summed E-state index contributed by atoms with van der Waals surface area (Å²) in [6.45, 7) is 8.57. The van der Waals surface area contributed by atoms with Gasteiger partial charge < -0.3 is 14.8 Å². The molecule has 1 amide bonds. The van der Waals surface area contributed by atoms with Gasteiger partial charge in [-0.1, -0.05) is 111 Å². The molecule has 1 atom stereocenters. The lowest BCUT2D eigenvalue weighted by molar-refractivity contribution is -0.145. The van der Waals surface area contributed by atoms with Crippen LogP contribution in [0.2, 0.25) is 0 Å². The molecule has 0 aliphatic rings. The summed E-state index contributed by atoms with van der Waals surface area (Å²) in [6.07, 6.45) is 19.1. The lowest BCUT2D eigenvalue weighted by Gasteiger charge is -2.14. The summed E-state index contributed by atoms with van der Waals surface area (Å²) in [5.41, 5.74) is 0. The van der Waals surface area contributed by atoms with Crippen molar-refractivity contribution in [3.63, 3.8) is 0 Å². The molecule has 178 valence electrons. The molecular weight excluding hydrogens is 378 g/mol. The fourth-order valence-electron chi connectivity index (χ4n) is 3.29. The predicted molar refractivity (Wildman–Crippen MR) is 125 cm³/mol. The van der Waals surface area contributed by atoms with E-state index >= 15 is 0 Å². The molecule has 0 aromatic rings. The zero-order chi connectivity index (χ0) is 22.5. The van der Waals surface area contributed by atoms with Crippen LogP contribution in [0, 0.1) is 5.92 Å². The Kier molecular flexibility index (Phi) is 20.1. The highest BCUT2D eigenvalue weighted by Gasteiger charge is 2.17. The Morgan fingerprint density at radius 1 is 0.667 bits per heavy atom. The van der Waals surface area contributed by atoms with Crippen molar-refractivity contribution in [2.24, 2.45) is 5.92 Å². The monoisotopic (exact) mass is 427 g/mol. The minimum atomic E-state index is -0.680. The smallest absolute Gasteiger partial charge is 0.407 e. The molecule has 1 unspecified atom stereocenters. The number of hydrogen-bond donors (Lipinski definition) is 1. The van der Waals surface area contributed by atoms with Crippen LogP contribution in [0.25, 0.3) is 0 Å². The minimum absolute atomic E-state index is 0.267. The maximum atomic E-state index is 11.9. The van der Waals surface area contributed by atoms with E-state index in [1.807, 2.05) is 13.8 Å². The van der Waals surface area contributed by atoms with E-state index in [4.69, 9.17) is 9.47 Å². The highest BCUT2D eigenvalue weighted by Crippen LogP contribution is 2.13. The highest BCUT2D eigenvalue weighted by atomic mass is 16.6. The van der Waals surface area contributed by atoms with Gasteiger partial charge in [0.05, 0.1) is 13.2 Å². The summed E-state index contributed by atoms with van der Waals surface area (Å²) in [5.74, 6) is -0.134.